The zero-order valence-corrected chi connectivity index (χ0v) is 8.24. The smallest absolute Gasteiger partial charge is 0.251 e. The van der Waals surface area contributed by atoms with Gasteiger partial charge >= 0.3 is 6.18 Å². The molecular weight excluding hydrogens is 238 g/mol. The highest BCUT2D eigenvalue weighted by molar-refractivity contribution is 5.57. The Morgan fingerprint density at radius 1 is 1.00 bits per heavy atom. The van der Waals surface area contributed by atoms with E-state index in [4.69, 9.17) is 0 Å². The minimum Gasteiger partial charge on any atom is -0.251 e. The number of hydrogen-bond acceptors (Lipinski definition) is 3. The number of rotatable bonds is 1. The average molecular weight is 243 g/mol. The lowest BCUT2D eigenvalue weighted by Crippen LogP contribution is -2.07. The highest BCUT2D eigenvalue weighted by Crippen LogP contribution is 2.28. The minimum atomic E-state index is -4.49. The molecule has 0 aliphatic rings. The molecule has 17 heavy (non-hydrogen) atoms. The molecule has 0 unspecified atom stereocenters. The number of hydrogen-bond donors (Lipinski definition) is 0. The molecule has 0 atom stereocenters. The summed E-state index contributed by atoms with van der Waals surface area (Å²) < 4.78 is 49.5. The van der Waals surface area contributed by atoms with Gasteiger partial charge in [0.05, 0.1) is 5.69 Å². The van der Waals surface area contributed by atoms with Crippen molar-refractivity contribution in [2.75, 3.05) is 0 Å². The number of nitrogens with zero attached hydrogens (tertiary/aromatic N) is 3. The Labute approximate surface area is 93.2 Å². The molecule has 0 saturated carbocycles. The van der Waals surface area contributed by atoms with Gasteiger partial charge in [0.2, 0.25) is 5.95 Å². The maximum Gasteiger partial charge on any atom is 0.433 e. The fraction of sp³-hybridized carbons (Fsp3) is 0.100. The maximum absolute atomic E-state index is 12.8. The molecule has 0 saturated heterocycles. The van der Waals surface area contributed by atoms with Gasteiger partial charge in [-0.3, -0.25) is 4.98 Å². The SMILES string of the molecule is Fc1cc(-c2ccc(C(F)(F)F)nc2)ncn1. The van der Waals surface area contributed by atoms with Crippen LogP contribution in [0.4, 0.5) is 17.6 Å². The summed E-state index contributed by atoms with van der Waals surface area (Å²) in [7, 11) is 0. The van der Waals surface area contributed by atoms with E-state index in [-0.39, 0.29) is 5.69 Å². The topological polar surface area (TPSA) is 38.7 Å². The van der Waals surface area contributed by atoms with E-state index in [0.717, 1.165) is 24.7 Å². The van der Waals surface area contributed by atoms with Crippen molar-refractivity contribution >= 4 is 0 Å². The number of aromatic nitrogens is 3. The van der Waals surface area contributed by atoms with Gasteiger partial charge < -0.3 is 0 Å². The highest BCUT2D eigenvalue weighted by atomic mass is 19.4. The summed E-state index contributed by atoms with van der Waals surface area (Å²) in [5, 5.41) is 0. The van der Waals surface area contributed by atoms with Crippen LogP contribution < -0.4 is 0 Å². The first-order valence-corrected chi connectivity index (χ1v) is 4.48. The fourth-order valence-corrected chi connectivity index (χ4v) is 1.20. The summed E-state index contributed by atoms with van der Waals surface area (Å²) >= 11 is 0. The van der Waals surface area contributed by atoms with Crippen LogP contribution in [0.2, 0.25) is 0 Å². The molecule has 88 valence electrons. The Hall–Kier alpha value is -2.05. The zero-order valence-electron chi connectivity index (χ0n) is 8.24. The lowest BCUT2D eigenvalue weighted by Gasteiger charge is -2.06. The van der Waals surface area contributed by atoms with Crippen molar-refractivity contribution in [3.05, 3.63) is 42.4 Å². The van der Waals surface area contributed by atoms with Crippen molar-refractivity contribution in [2.45, 2.75) is 6.18 Å². The normalized spacial score (nSPS) is 11.5. The van der Waals surface area contributed by atoms with Crippen LogP contribution >= 0.6 is 0 Å². The van der Waals surface area contributed by atoms with E-state index in [1.54, 1.807) is 0 Å². The van der Waals surface area contributed by atoms with Crippen LogP contribution in [0.15, 0.2) is 30.7 Å². The summed E-state index contributed by atoms with van der Waals surface area (Å²) in [4.78, 5) is 10.2. The van der Waals surface area contributed by atoms with Crippen molar-refractivity contribution in [1.82, 2.24) is 15.0 Å². The lowest BCUT2D eigenvalue weighted by atomic mass is 10.2. The van der Waals surface area contributed by atoms with Gasteiger partial charge in [0.15, 0.2) is 0 Å². The predicted molar refractivity (Wildman–Crippen MR) is 50.2 cm³/mol. The summed E-state index contributed by atoms with van der Waals surface area (Å²) in [5.74, 6) is -0.755. The Bertz CT molecular complexity index is 522. The van der Waals surface area contributed by atoms with Gasteiger partial charge in [0.25, 0.3) is 0 Å². The van der Waals surface area contributed by atoms with Crippen LogP contribution in [-0.4, -0.2) is 15.0 Å². The second-order valence-electron chi connectivity index (χ2n) is 3.16. The molecule has 2 aromatic heterocycles. The molecule has 0 bridgehead atoms. The zero-order chi connectivity index (χ0) is 12.5. The molecule has 0 aromatic carbocycles. The van der Waals surface area contributed by atoms with Crippen molar-refractivity contribution in [3.63, 3.8) is 0 Å². The number of alkyl halides is 3. The molecule has 0 amide bonds. The van der Waals surface area contributed by atoms with Gasteiger partial charge in [-0.25, -0.2) is 9.97 Å². The van der Waals surface area contributed by atoms with Gasteiger partial charge in [-0.15, -0.1) is 0 Å². The van der Waals surface area contributed by atoms with Gasteiger partial charge in [-0.1, -0.05) is 0 Å². The Morgan fingerprint density at radius 2 is 1.76 bits per heavy atom. The molecule has 7 heteroatoms. The van der Waals surface area contributed by atoms with Crippen molar-refractivity contribution in [3.8, 4) is 11.3 Å². The van der Waals surface area contributed by atoms with Crippen LogP contribution in [0.3, 0.4) is 0 Å². The molecule has 0 fully saturated rings. The predicted octanol–water partition coefficient (Wildman–Crippen LogP) is 2.70. The monoisotopic (exact) mass is 243 g/mol. The molecule has 0 aliphatic carbocycles. The van der Waals surface area contributed by atoms with E-state index in [1.165, 1.54) is 6.07 Å². The first-order chi connectivity index (χ1) is 7.97. The summed E-state index contributed by atoms with van der Waals surface area (Å²) in [6.45, 7) is 0. The van der Waals surface area contributed by atoms with E-state index in [1.807, 2.05) is 0 Å². The van der Waals surface area contributed by atoms with E-state index < -0.39 is 17.8 Å². The quantitative estimate of drug-likeness (QED) is 0.571. The van der Waals surface area contributed by atoms with E-state index in [9.17, 15) is 17.6 Å². The van der Waals surface area contributed by atoms with Gasteiger partial charge in [-0.2, -0.15) is 17.6 Å². The fourth-order valence-electron chi connectivity index (χ4n) is 1.20. The van der Waals surface area contributed by atoms with Crippen LogP contribution in [0.1, 0.15) is 5.69 Å². The molecule has 0 N–H and O–H groups in total. The summed E-state index contributed by atoms with van der Waals surface area (Å²) in [6.07, 6.45) is -2.51. The summed E-state index contributed by atoms with van der Waals surface area (Å²) in [6, 6.07) is 3.01. The minimum absolute atomic E-state index is 0.179. The largest absolute Gasteiger partial charge is 0.433 e. The second kappa shape index (κ2) is 4.08. The molecule has 2 heterocycles. The van der Waals surface area contributed by atoms with Crippen LogP contribution in [0.25, 0.3) is 11.3 Å². The molecule has 2 rings (SSSR count). The van der Waals surface area contributed by atoms with Gasteiger partial charge in [0.1, 0.15) is 12.0 Å². The third kappa shape index (κ3) is 2.55. The lowest BCUT2D eigenvalue weighted by molar-refractivity contribution is -0.141. The Kier molecular flexibility index (Phi) is 2.74. The molecular formula is C10H5F4N3. The third-order valence-electron chi connectivity index (χ3n) is 1.98. The molecule has 3 nitrogen and oxygen atoms in total. The standard InChI is InChI=1S/C10H5F4N3/c11-9-3-7(16-5-17-9)6-1-2-8(15-4-6)10(12,13)14/h1-5H. The molecule has 2 aromatic rings. The summed E-state index contributed by atoms with van der Waals surface area (Å²) in [5.41, 5.74) is -0.534. The highest BCUT2D eigenvalue weighted by Gasteiger charge is 2.32. The average Bonchev–Trinajstić information content (AvgIpc) is 2.28. The maximum atomic E-state index is 12.8. The number of halogens is 4. The van der Waals surface area contributed by atoms with Crippen molar-refractivity contribution < 1.29 is 17.6 Å². The van der Waals surface area contributed by atoms with Crippen molar-refractivity contribution in [2.24, 2.45) is 0 Å². The first kappa shape index (κ1) is 11.4. The van der Waals surface area contributed by atoms with E-state index >= 15 is 0 Å². The van der Waals surface area contributed by atoms with Crippen molar-refractivity contribution in [1.29, 1.82) is 0 Å². The second-order valence-corrected chi connectivity index (χ2v) is 3.16. The molecule has 0 aliphatic heterocycles. The number of pyridine rings is 1. The third-order valence-corrected chi connectivity index (χ3v) is 1.98. The van der Waals surface area contributed by atoms with Crippen LogP contribution in [0.5, 0.6) is 0 Å². The Morgan fingerprint density at radius 3 is 2.29 bits per heavy atom. The van der Waals surface area contributed by atoms with E-state index in [2.05, 4.69) is 15.0 Å². The van der Waals surface area contributed by atoms with E-state index in [0.29, 0.717) is 5.56 Å². The van der Waals surface area contributed by atoms with Crippen LogP contribution in [-0.2, 0) is 6.18 Å². The van der Waals surface area contributed by atoms with Gasteiger partial charge in [0, 0.05) is 17.8 Å². The first-order valence-electron chi connectivity index (χ1n) is 4.48. The van der Waals surface area contributed by atoms with Crippen LogP contribution in [0, 0.1) is 5.95 Å². The molecule has 0 radical (unpaired) electrons. The molecule has 0 spiro atoms. The Balaban J connectivity index is 2.36. The van der Waals surface area contributed by atoms with Gasteiger partial charge in [-0.05, 0) is 12.1 Å².